The predicted octanol–water partition coefficient (Wildman–Crippen LogP) is 1.55. The van der Waals surface area contributed by atoms with Crippen LogP contribution in [0.1, 0.15) is 12.5 Å². The Morgan fingerprint density at radius 1 is 1.44 bits per heavy atom. The quantitative estimate of drug-likeness (QED) is 0.829. The van der Waals surface area contributed by atoms with Crippen molar-refractivity contribution in [1.82, 2.24) is 0 Å². The van der Waals surface area contributed by atoms with Gasteiger partial charge in [0.15, 0.2) is 0 Å². The van der Waals surface area contributed by atoms with Gasteiger partial charge in [0.05, 0.1) is 24.3 Å². The van der Waals surface area contributed by atoms with Crippen LogP contribution < -0.4 is 5.32 Å². The third kappa shape index (κ3) is 4.95. The van der Waals surface area contributed by atoms with Gasteiger partial charge in [0, 0.05) is 12.8 Å². The smallest absolute Gasteiger partial charge is 0.250 e. The van der Waals surface area contributed by atoms with Crippen LogP contribution in [0.25, 0.3) is 0 Å². The van der Waals surface area contributed by atoms with Crippen molar-refractivity contribution in [1.29, 1.82) is 5.26 Å². The standard InChI is InChI=1S/C13H16N2O3/c1-10(8-17-2)18-9-13(16)15-12-5-3-11(7-14)4-6-12/h3-6,10H,8-9H2,1-2H3,(H,15,16). The first-order valence-electron chi connectivity index (χ1n) is 5.56. The Hall–Kier alpha value is -1.90. The van der Waals surface area contributed by atoms with Gasteiger partial charge in [-0.15, -0.1) is 0 Å². The summed E-state index contributed by atoms with van der Waals surface area (Å²) < 4.78 is 10.2. The lowest BCUT2D eigenvalue weighted by atomic mass is 10.2. The van der Waals surface area contributed by atoms with E-state index in [0.29, 0.717) is 17.9 Å². The monoisotopic (exact) mass is 248 g/mol. The lowest BCUT2D eigenvalue weighted by molar-refractivity contribution is -0.123. The molecule has 0 aliphatic heterocycles. The highest BCUT2D eigenvalue weighted by Crippen LogP contribution is 2.08. The molecule has 1 aromatic carbocycles. The second-order valence-electron chi connectivity index (χ2n) is 3.81. The van der Waals surface area contributed by atoms with Crippen LogP contribution in [0.3, 0.4) is 0 Å². The SMILES string of the molecule is COCC(C)OCC(=O)Nc1ccc(C#N)cc1. The molecule has 0 aromatic heterocycles. The Kier molecular flexibility index (Phi) is 5.85. The maximum absolute atomic E-state index is 11.5. The predicted molar refractivity (Wildman–Crippen MR) is 67.1 cm³/mol. The topological polar surface area (TPSA) is 71.3 Å². The van der Waals surface area contributed by atoms with Crippen LogP contribution in [0.15, 0.2) is 24.3 Å². The van der Waals surface area contributed by atoms with Gasteiger partial charge >= 0.3 is 0 Å². The molecule has 1 unspecified atom stereocenters. The van der Waals surface area contributed by atoms with Crippen LogP contribution in [0, 0.1) is 11.3 Å². The van der Waals surface area contributed by atoms with Crippen LogP contribution in [0.5, 0.6) is 0 Å². The fourth-order valence-electron chi connectivity index (χ4n) is 1.33. The average Bonchev–Trinajstić information content (AvgIpc) is 2.38. The van der Waals surface area contributed by atoms with Crippen molar-refractivity contribution in [3.63, 3.8) is 0 Å². The highest BCUT2D eigenvalue weighted by atomic mass is 16.5. The molecule has 0 spiro atoms. The maximum atomic E-state index is 11.5. The number of anilines is 1. The van der Waals surface area contributed by atoms with E-state index in [4.69, 9.17) is 14.7 Å². The molecule has 0 radical (unpaired) electrons. The van der Waals surface area contributed by atoms with Crippen LogP contribution in [-0.2, 0) is 14.3 Å². The van der Waals surface area contributed by atoms with Crippen molar-refractivity contribution in [2.24, 2.45) is 0 Å². The molecule has 1 atom stereocenters. The zero-order valence-corrected chi connectivity index (χ0v) is 10.5. The summed E-state index contributed by atoms with van der Waals surface area (Å²) in [6.07, 6.45) is -0.123. The number of methoxy groups -OCH3 is 1. The summed E-state index contributed by atoms with van der Waals surface area (Å²) in [6.45, 7) is 2.26. The summed E-state index contributed by atoms with van der Waals surface area (Å²) in [7, 11) is 1.58. The fourth-order valence-corrected chi connectivity index (χ4v) is 1.33. The third-order valence-electron chi connectivity index (χ3n) is 2.20. The number of carbonyl (C=O) groups is 1. The van der Waals surface area contributed by atoms with Crippen LogP contribution >= 0.6 is 0 Å². The second-order valence-corrected chi connectivity index (χ2v) is 3.81. The number of ether oxygens (including phenoxy) is 2. The first kappa shape index (κ1) is 14.2. The normalized spacial score (nSPS) is 11.6. The lowest BCUT2D eigenvalue weighted by Gasteiger charge is -2.11. The largest absolute Gasteiger partial charge is 0.382 e. The number of rotatable bonds is 6. The number of nitrogens with zero attached hydrogens (tertiary/aromatic N) is 1. The minimum Gasteiger partial charge on any atom is -0.382 e. The highest BCUT2D eigenvalue weighted by Gasteiger charge is 2.06. The number of carbonyl (C=O) groups excluding carboxylic acids is 1. The molecular formula is C13H16N2O3. The van der Waals surface area contributed by atoms with Crippen molar-refractivity contribution in [2.45, 2.75) is 13.0 Å². The van der Waals surface area contributed by atoms with Crippen molar-refractivity contribution < 1.29 is 14.3 Å². The Bertz CT molecular complexity index is 423. The van der Waals surface area contributed by atoms with Gasteiger partial charge in [0.25, 0.3) is 0 Å². The Morgan fingerprint density at radius 2 is 2.11 bits per heavy atom. The zero-order valence-electron chi connectivity index (χ0n) is 10.5. The van der Waals surface area contributed by atoms with Gasteiger partial charge in [-0.25, -0.2) is 0 Å². The Morgan fingerprint density at radius 3 is 2.67 bits per heavy atom. The van der Waals surface area contributed by atoms with Gasteiger partial charge in [0.2, 0.25) is 5.91 Å². The van der Waals surface area contributed by atoms with E-state index < -0.39 is 0 Å². The van der Waals surface area contributed by atoms with Gasteiger partial charge < -0.3 is 14.8 Å². The molecule has 18 heavy (non-hydrogen) atoms. The molecular weight excluding hydrogens is 232 g/mol. The van der Waals surface area contributed by atoms with E-state index in [2.05, 4.69) is 5.32 Å². The number of benzene rings is 1. The molecule has 1 rings (SSSR count). The highest BCUT2D eigenvalue weighted by molar-refractivity contribution is 5.91. The van der Waals surface area contributed by atoms with Gasteiger partial charge in [-0.1, -0.05) is 0 Å². The summed E-state index contributed by atoms with van der Waals surface area (Å²) in [6, 6.07) is 8.65. The van der Waals surface area contributed by atoms with Crippen molar-refractivity contribution >= 4 is 11.6 Å². The summed E-state index contributed by atoms with van der Waals surface area (Å²) in [5, 5.41) is 11.3. The molecule has 0 aliphatic rings. The van der Waals surface area contributed by atoms with Crippen molar-refractivity contribution in [3.05, 3.63) is 29.8 Å². The molecule has 0 fully saturated rings. The molecule has 1 N–H and O–H groups in total. The lowest BCUT2D eigenvalue weighted by Crippen LogP contribution is -2.24. The first-order chi connectivity index (χ1) is 8.65. The molecule has 96 valence electrons. The van der Waals surface area contributed by atoms with Crippen LogP contribution in [0.2, 0.25) is 0 Å². The van der Waals surface area contributed by atoms with E-state index in [1.165, 1.54) is 0 Å². The van der Waals surface area contributed by atoms with Gasteiger partial charge in [-0.3, -0.25) is 4.79 Å². The number of hydrogen-bond donors (Lipinski definition) is 1. The van der Waals surface area contributed by atoms with Crippen LogP contribution in [-0.4, -0.2) is 32.3 Å². The van der Waals surface area contributed by atoms with E-state index >= 15 is 0 Å². The minimum absolute atomic E-state index is 0.0233. The molecule has 5 nitrogen and oxygen atoms in total. The summed E-state index contributed by atoms with van der Waals surface area (Å²) in [5.74, 6) is -0.234. The second kappa shape index (κ2) is 7.43. The average molecular weight is 248 g/mol. The molecule has 0 heterocycles. The van der Waals surface area contributed by atoms with E-state index in [-0.39, 0.29) is 18.6 Å². The molecule has 0 aliphatic carbocycles. The number of nitriles is 1. The molecule has 0 bridgehead atoms. The van der Waals surface area contributed by atoms with E-state index in [9.17, 15) is 4.79 Å². The van der Waals surface area contributed by atoms with Gasteiger partial charge in [-0.05, 0) is 31.2 Å². The molecule has 1 aromatic rings. The number of amides is 1. The molecule has 0 saturated heterocycles. The Labute approximate surface area is 106 Å². The van der Waals surface area contributed by atoms with E-state index in [0.717, 1.165) is 0 Å². The summed E-state index contributed by atoms with van der Waals surface area (Å²) in [5.41, 5.74) is 1.19. The van der Waals surface area contributed by atoms with Crippen molar-refractivity contribution in [3.8, 4) is 6.07 Å². The maximum Gasteiger partial charge on any atom is 0.250 e. The van der Waals surface area contributed by atoms with E-state index in [1.54, 1.807) is 31.4 Å². The number of hydrogen-bond acceptors (Lipinski definition) is 4. The number of nitrogens with one attached hydrogen (secondary N) is 1. The minimum atomic E-state index is -0.234. The third-order valence-corrected chi connectivity index (χ3v) is 2.20. The fraction of sp³-hybridized carbons (Fsp3) is 0.385. The molecule has 1 amide bonds. The van der Waals surface area contributed by atoms with Crippen molar-refractivity contribution in [2.75, 3.05) is 25.6 Å². The molecule has 5 heteroatoms. The summed E-state index contributed by atoms with van der Waals surface area (Å²) >= 11 is 0. The first-order valence-corrected chi connectivity index (χ1v) is 5.56. The summed E-state index contributed by atoms with van der Waals surface area (Å²) in [4.78, 5) is 11.5. The van der Waals surface area contributed by atoms with E-state index in [1.807, 2.05) is 13.0 Å². The van der Waals surface area contributed by atoms with Gasteiger partial charge in [-0.2, -0.15) is 5.26 Å². The van der Waals surface area contributed by atoms with Crippen LogP contribution in [0.4, 0.5) is 5.69 Å². The Balaban J connectivity index is 2.37. The molecule has 0 saturated carbocycles. The zero-order chi connectivity index (χ0) is 13.4. The van der Waals surface area contributed by atoms with Gasteiger partial charge in [0.1, 0.15) is 6.61 Å².